The Hall–Kier alpha value is -2.21. The van der Waals surface area contributed by atoms with Gasteiger partial charge in [0.1, 0.15) is 0 Å². The minimum absolute atomic E-state index is 0.152. The van der Waals surface area contributed by atoms with E-state index in [1.807, 2.05) is 12.1 Å². The molecule has 1 aliphatic heterocycles. The summed E-state index contributed by atoms with van der Waals surface area (Å²) in [4.78, 5) is 19.0. The fraction of sp³-hybridized carbons (Fsp3) is 0.571. The van der Waals surface area contributed by atoms with E-state index in [0.717, 1.165) is 44.3 Å². The molecule has 1 saturated heterocycles. The Morgan fingerprint density at radius 3 is 2.52 bits per heavy atom. The van der Waals surface area contributed by atoms with Crippen LogP contribution in [0.15, 0.2) is 28.8 Å². The molecule has 2 aliphatic rings. The highest BCUT2D eigenvalue weighted by Crippen LogP contribution is 2.24. The second kappa shape index (κ2) is 7.80. The molecular weight excluding hydrogens is 340 g/mol. The molecule has 2 heterocycles. The van der Waals surface area contributed by atoms with Gasteiger partial charge in [0, 0.05) is 17.5 Å². The summed E-state index contributed by atoms with van der Waals surface area (Å²) in [6.45, 7) is 6.79. The summed E-state index contributed by atoms with van der Waals surface area (Å²) >= 11 is 0. The first-order valence-corrected chi connectivity index (χ1v) is 10.0. The van der Waals surface area contributed by atoms with E-state index in [1.54, 1.807) is 0 Å². The molecule has 2 fully saturated rings. The summed E-state index contributed by atoms with van der Waals surface area (Å²) in [5.74, 6) is 2.17. The van der Waals surface area contributed by atoms with Crippen LogP contribution in [0, 0.1) is 5.92 Å². The summed E-state index contributed by atoms with van der Waals surface area (Å²) in [5, 5.41) is 7.25. The lowest BCUT2D eigenvalue weighted by Gasteiger charge is -2.30. The smallest absolute Gasteiger partial charge is 0.241 e. The van der Waals surface area contributed by atoms with Crippen LogP contribution in [0.1, 0.15) is 56.9 Å². The molecule has 6 nitrogen and oxygen atoms in total. The third kappa shape index (κ3) is 4.56. The van der Waals surface area contributed by atoms with Crippen molar-refractivity contribution in [1.82, 2.24) is 20.4 Å². The number of nitrogens with zero attached hydrogens (tertiary/aromatic N) is 3. The predicted octanol–water partition coefficient (Wildman–Crippen LogP) is 3.35. The standard InChI is InChI=1S/C21H28N4O2/c1-14(2)15-3-5-16(6-4-15)20-23-19(27-24-20)13-25-11-9-17(10-12-25)21(26)22-18-7-8-18/h3-6,14,17-18H,7-13H2,1-2H3,(H,22,26). The molecular formula is C21H28N4O2. The molecule has 1 aliphatic carbocycles. The summed E-state index contributed by atoms with van der Waals surface area (Å²) in [7, 11) is 0. The van der Waals surface area contributed by atoms with Crippen molar-refractivity contribution in [3.63, 3.8) is 0 Å². The largest absolute Gasteiger partial charge is 0.353 e. The molecule has 1 aromatic heterocycles. The molecule has 1 N–H and O–H groups in total. The SMILES string of the molecule is CC(C)c1ccc(-c2noc(CN3CCC(C(=O)NC4CC4)CC3)n2)cc1. The number of nitrogens with one attached hydrogen (secondary N) is 1. The molecule has 0 atom stereocenters. The maximum atomic E-state index is 12.2. The molecule has 6 heteroatoms. The highest BCUT2D eigenvalue weighted by Gasteiger charge is 2.30. The van der Waals surface area contributed by atoms with Crippen molar-refractivity contribution in [2.45, 2.75) is 58.0 Å². The molecule has 0 bridgehead atoms. The summed E-state index contributed by atoms with van der Waals surface area (Å²) in [6, 6.07) is 8.78. The van der Waals surface area contributed by atoms with E-state index >= 15 is 0 Å². The first kappa shape index (κ1) is 18.2. The van der Waals surface area contributed by atoms with E-state index in [0.29, 0.717) is 30.2 Å². The molecule has 0 radical (unpaired) electrons. The van der Waals surface area contributed by atoms with Crippen molar-refractivity contribution < 1.29 is 9.32 Å². The van der Waals surface area contributed by atoms with E-state index in [1.165, 1.54) is 5.56 Å². The van der Waals surface area contributed by atoms with Crippen molar-refractivity contribution in [3.05, 3.63) is 35.7 Å². The van der Waals surface area contributed by atoms with Crippen LogP contribution in [-0.2, 0) is 11.3 Å². The van der Waals surface area contributed by atoms with Crippen LogP contribution in [0.5, 0.6) is 0 Å². The van der Waals surface area contributed by atoms with Gasteiger partial charge < -0.3 is 9.84 Å². The number of amides is 1. The predicted molar refractivity (Wildman–Crippen MR) is 103 cm³/mol. The van der Waals surface area contributed by atoms with Crippen molar-refractivity contribution in [1.29, 1.82) is 0 Å². The lowest BCUT2D eigenvalue weighted by molar-refractivity contribution is -0.126. The molecule has 1 amide bonds. The number of carbonyl (C=O) groups is 1. The summed E-state index contributed by atoms with van der Waals surface area (Å²) < 4.78 is 5.45. The zero-order valence-corrected chi connectivity index (χ0v) is 16.1. The average Bonchev–Trinajstić information content (AvgIpc) is 3.37. The number of carbonyl (C=O) groups excluding carboxylic acids is 1. The van der Waals surface area contributed by atoms with Gasteiger partial charge in [-0.05, 0) is 50.3 Å². The third-order valence-electron chi connectivity index (χ3n) is 5.54. The number of benzene rings is 1. The quantitative estimate of drug-likeness (QED) is 0.847. The van der Waals surface area contributed by atoms with Gasteiger partial charge in [-0.2, -0.15) is 4.98 Å². The number of hydrogen-bond donors (Lipinski definition) is 1. The van der Waals surface area contributed by atoms with Crippen LogP contribution in [0.4, 0.5) is 0 Å². The van der Waals surface area contributed by atoms with Gasteiger partial charge in [-0.1, -0.05) is 43.3 Å². The number of piperidine rings is 1. The molecule has 144 valence electrons. The van der Waals surface area contributed by atoms with Crippen LogP contribution in [0.25, 0.3) is 11.4 Å². The maximum absolute atomic E-state index is 12.2. The monoisotopic (exact) mass is 368 g/mol. The number of rotatable bonds is 6. The fourth-order valence-electron chi connectivity index (χ4n) is 3.54. The number of aromatic nitrogens is 2. The van der Waals surface area contributed by atoms with E-state index in [9.17, 15) is 4.79 Å². The summed E-state index contributed by atoms with van der Waals surface area (Å²) in [5.41, 5.74) is 2.28. The Balaban J connectivity index is 1.30. The van der Waals surface area contributed by atoms with Crippen molar-refractivity contribution in [2.75, 3.05) is 13.1 Å². The first-order valence-electron chi connectivity index (χ1n) is 10.0. The van der Waals surface area contributed by atoms with Gasteiger partial charge in [0.2, 0.25) is 17.6 Å². The molecule has 0 unspecified atom stereocenters. The van der Waals surface area contributed by atoms with Crippen LogP contribution in [-0.4, -0.2) is 40.1 Å². The van der Waals surface area contributed by atoms with Crippen LogP contribution in [0.2, 0.25) is 0 Å². The first-order chi connectivity index (χ1) is 13.1. The molecule has 2 aromatic rings. The lowest BCUT2D eigenvalue weighted by Crippen LogP contribution is -2.40. The fourth-order valence-corrected chi connectivity index (χ4v) is 3.54. The van der Waals surface area contributed by atoms with Gasteiger partial charge in [0.25, 0.3) is 0 Å². The van der Waals surface area contributed by atoms with Crippen LogP contribution in [0.3, 0.4) is 0 Å². The van der Waals surface area contributed by atoms with Crippen molar-refractivity contribution in [2.24, 2.45) is 5.92 Å². The lowest BCUT2D eigenvalue weighted by atomic mass is 9.96. The average molecular weight is 368 g/mol. The van der Waals surface area contributed by atoms with Gasteiger partial charge in [0.05, 0.1) is 6.54 Å². The van der Waals surface area contributed by atoms with Gasteiger partial charge in [0.15, 0.2) is 0 Å². The Labute approximate surface area is 160 Å². The Morgan fingerprint density at radius 1 is 1.19 bits per heavy atom. The normalized spacial score (nSPS) is 18.8. The highest BCUT2D eigenvalue weighted by atomic mass is 16.5. The van der Waals surface area contributed by atoms with Crippen LogP contribution >= 0.6 is 0 Å². The molecule has 1 saturated carbocycles. The van der Waals surface area contributed by atoms with E-state index in [-0.39, 0.29) is 11.8 Å². The van der Waals surface area contributed by atoms with E-state index < -0.39 is 0 Å². The molecule has 1 aromatic carbocycles. The van der Waals surface area contributed by atoms with Crippen molar-refractivity contribution in [3.8, 4) is 11.4 Å². The Morgan fingerprint density at radius 2 is 1.89 bits per heavy atom. The van der Waals surface area contributed by atoms with Crippen LogP contribution < -0.4 is 5.32 Å². The second-order valence-corrected chi connectivity index (χ2v) is 8.12. The number of likely N-dealkylation sites (tertiary alicyclic amines) is 1. The Bertz CT molecular complexity index is 772. The van der Waals surface area contributed by atoms with Gasteiger partial charge >= 0.3 is 0 Å². The maximum Gasteiger partial charge on any atom is 0.241 e. The highest BCUT2D eigenvalue weighted by molar-refractivity contribution is 5.79. The molecule has 4 rings (SSSR count). The second-order valence-electron chi connectivity index (χ2n) is 8.12. The summed E-state index contributed by atoms with van der Waals surface area (Å²) in [6.07, 6.45) is 4.08. The zero-order valence-electron chi connectivity index (χ0n) is 16.1. The minimum atomic E-state index is 0.152. The zero-order chi connectivity index (χ0) is 18.8. The van der Waals surface area contributed by atoms with Gasteiger partial charge in [-0.25, -0.2) is 0 Å². The van der Waals surface area contributed by atoms with Crippen molar-refractivity contribution >= 4 is 5.91 Å². The molecule has 0 spiro atoms. The molecule has 27 heavy (non-hydrogen) atoms. The third-order valence-corrected chi connectivity index (χ3v) is 5.54. The van der Waals surface area contributed by atoms with Gasteiger partial charge in [-0.15, -0.1) is 0 Å². The van der Waals surface area contributed by atoms with E-state index in [4.69, 9.17) is 4.52 Å². The van der Waals surface area contributed by atoms with Gasteiger partial charge in [-0.3, -0.25) is 9.69 Å². The Kier molecular flexibility index (Phi) is 5.25. The van der Waals surface area contributed by atoms with E-state index in [2.05, 4.69) is 46.3 Å². The minimum Gasteiger partial charge on any atom is -0.353 e. The number of hydrogen-bond acceptors (Lipinski definition) is 5. The topological polar surface area (TPSA) is 71.3 Å².